The molecule has 1 saturated heterocycles. The van der Waals surface area contributed by atoms with E-state index in [-0.39, 0.29) is 12.5 Å². The van der Waals surface area contributed by atoms with Crippen molar-refractivity contribution < 1.29 is 9.59 Å². The van der Waals surface area contributed by atoms with Gasteiger partial charge in [-0.05, 0) is 31.0 Å². The topological polar surface area (TPSA) is 64.7 Å². The monoisotopic (exact) mass is 406 g/mol. The van der Waals surface area contributed by atoms with Gasteiger partial charge in [0.05, 0.1) is 6.54 Å². The van der Waals surface area contributed by atoms with Crippen molar-refractivity contribution in [3.8, 4) is 0 Å². The molecule has 0 radical (unpaired) electrons. The molecule has 30 heavy (non-hydrogen) atoms. The first-order chi connectivity index (χ1) is 14.5. The number of carbonyl (C=O) groups is 2. The van der Waals surface area contributed by atoms with E-state index in [4.69, 9.17) is 0 Å². The standard InChI is InChI=1S/C24H30N4O2/c1-19-10-11-22(20(2)17-19)25-24(30)26-23(29)18-28-15-13-27(14-16-28)12-6-9-21-7-4-3-5-8-21/h3-11,17H,12-16,18H2,1-2H3,(H2,25,26,29,30)/b9-6+. The normalized spacial score (nSPS) is 15.3. The fourth-order valence-electron chi connectivity index (χ4n) is 3.51. The van der Waals surface area contributed by atoms with Gasteiger partial charge in [-0.25, -0.2) is 4.79 Å². The molecule has 0 aliphatic carbocycles. The van der Waals surface area contributed by atoms with E-state index in [0.29, 0.717) is 5.69 Å². The number of hydrogen-bond acceptors (Lipinski definition) is 4. The van der Waals surface area contributed by atoms with Crippen LogP contribution in [0.4, 0.5) is 10.5 Å². The van der Waals surface area contributed by atoms with E-state index in [1.807, 2.05) is 50.2 Å². The van der Waals surface area contributed by atoms with Crippen LogP contribution in [0.15, 0.2) is 54.6 Å². The number of amides is 3. The number of imide groups is 1. The smallest absolute Gasteiger partial charge is 0.307 e. The molecule has 0 atom stereocenters. The molecule has 0 aromatic heterocycles. The molecule has 1 fully saturated rings. The van der Waals surface area contributed by atoms with Crippen molar-refractivity contribution >= 4 is 23.7 Å². The zero-order valence-electron chi connectivity index (χ0n) is 17.7. The fraction of sp³-hybridized carbons (Fsp3) is 0.333. The Hall–Kier alpha value is -2.96. The molecule has 6 nitrogen and oxygen atoms in total. The number of benzene rings is 2. The zero-order chi connectivity index (χ0) is 21.3. The second-order valence-electron chi connectivity index (χ2n) is 7.71. The highest BCUT2D eigenvalue weighted by molar-refractivity contribution is 6.02. The van der Waals surface area contributed by atoms with Gasteiger partial charge in [0.15, 0.2) is 0 Å². The van der Waals surface area contributed by atoms with Crippen LogP contribution in [-0.4, -0.2) is 61.0 Å². The van der Waals surface area contributed by atoms with Crippen molar-refractivity contribution in [1.82, 2.24) is 15.1 Å². The van der Waals surface area contributed by atoms with E-state index in [0.717, 1.165) is 43.9 Å². The largest absolute Gasteiger partial charge is 0.325 e. The predicted octanol–water partition coefficient (Wildman–Crippen LogP) is 3.28. The maximum absolute atomic E-state index is 12.2. The molecule has 3 amide bonds. The molecule has 2 N–H and O–H groups in total. The highest BCUT2D eigenvalue weighted by atomic mass is 16.2. The third-order valence-electron chi connectivity index (χ3n) is 5.19. The molecule has 6 heteroatoms. The maximum atomic E-state index is 12.2. The molecular formula is C24H30N4O2. The molecule has 1 aliphatic rings. The molecule has 2 aromatic carbocycles. The third-order valence-corrected chi connectivity index (χ3v) is 5.19. The number of aryl methyl sites for hydroxylation is 2. The summed E-state index contributed by atoms with van der Waals surface area (Å²) in [5, 5.41) is 5.17. The Morgan fingerprint density at radius 1 is 0.967 bits per heavy atom. The Balaban J connectivity index is 1.36. The summed E-state index contributed by atoms with van der Waals surface area (Å²) in [6.45, 7) is 8.48. The van der Waals surface area contributed by atoms with Gasteiger partial charge in [0.1, 0.15) is 0 Å². The van der Waals surface area contributed by atoms with Crippen molar-refractivity contribution in [1.29, 1.82) is 0 Å². The van der Waals surface area contributed by atoms with Crippen LogP contribution < -0.4 is 10.6 Å². The van der Waals surface area contributed by atoms with E-state index in [1.54, 1.807) is 0 Å². The minimum absolute atomic E-state index is 0.230. The number of hydrogen-bond donors (Lipinski definition) is 2. The molecule has 1 aliphatic heterocycles. The number of nitrogens with zero attached hydrogens (tertiary/aromatic N) is 2. The number of piperazine rings is 1. The number of rotatable bonds is 6. The first-order valence-corrected chi connectivity index (χ1v) is 10.3. The average molecular weight is 407 g/mol. The maximum Gasteiger partial charge on any atom is 0.325 e. The SMILES string of the molecule is Cc1ccc(NC(=O)NC(=O)CN2CCN(C/C=C/c3ccccc3)CC2)c(C)c1. The van der Waals surface area contributed by atoms with Crippen molar-refractivity contribution in [2.45, 2.75) is 13.8 Å². The highest BCUT2D eigenvalue weighted by Crippen LogP contribution is 2.15. The second kappa shape index (κ2) is 10.7. The molecule has 0 spiro atoms. The summed E-state index contributed by atoms with van der Waals surface area (Å²) in [7, 11) is 0. The van der Waals surface area contributed by atoms with E-state index < -0.39 is 6.03 Å². The quantitative estimate of drug-likeness (QED) is 0.773. The Bertz CT molecular complexity index is 887. The van der Waals surface area contributed by atoms with Gasteiger partial charge in [-0.1, -0.05) is 60.2 Å². The van der Waals surface area contributed by atoms with Crippen molar-refractivity contribution in [2.24, 2.45) is 0 Å². The highest BCUT2D eigenvalue weighted by Gasteiger charge is 2.19. The van der Waals surface area contributed by atoms with E-state index in [2.05, 4.69) is 44.7 Å². The van der Waals surface area contributed by atoms with Gasteiger partial charge in [0, 0.05) is 38.4 Å². The first-order valence-electron chi connectivity index (χ1n) is 10.3. The summed E-state index contributed by atoms with van der Waals surface area (Å²) in [5.41, 5.74) is 4.01. The number of urea groups is 1. The van der Waals surface area contributed by atoms with Gasteiger partial charge < -0.3 is 5.32 Å². The second-order valence-corrected chi connectivity index (χ2v) is 7.71. The van der Waals surface area contributed by atoms with Crippen LogP contribution in [0.1, 0.15) is 16.7 Å². The average Bonchev–Trinajstić information content (AvgIpc) is 2.72. The van der Waals surface area contributed by atoms with Crippen molar-refractivity contribution in [3.63, 3.8) is 0 Å². The lowest BCUT2D eigenvalue weighted by molar-refractivity contribution is -0.121. The van der Waals surface area contributed by atoms with Crippen LogP contribution >= 0.6 is 0 Å². The van der Waals surface area contributed by atoms with Gasteiger partial charge in [0.25, 0.3) is 0 Å². The molecule has 3 rings (SSSR count). The first kappa shape index (κ1) is 21.7. The van der Waals surface area contributed by atoms with Gasteiger partial charge >= 0.3 is 6.03 Å². The lowest BCUT2D eigenvalue weighted by Gasteiger charge is -2.33. The van der Waals surface area contributed by atoms with Gasteiger partial charge in [-0.15, -0.1) is 0 Å². The molecule has 0 bridgehead atoms. The molecule has 158 valence electrons. The lowest BCUT2D eigenvalue weighted by Crippen LogP contribution is -2.50. The summed E-state index contributed by atoms with van der Waals surface area (Å²) in [6.07, 6.45) is 4.31. The zero-order valence-corrected chi connectivity index (χ0v) is 17.7. The van der Waals surface area contributed by atoms with E-state index >= 15 is 0 Å². The molecule has 0 saturated carbocycles. The Morgan fingerprint density at radius 2 is 1.67 bits per heavy atom. The third kappa shape index (κ3) is 6.83. The van der Waals surface area contributed by atoms with Crippen LogP contribution in [0.3, 0.4) is 0 Å². The Kier molecular flexibility index (Phi) is 7.76. The number of nitrogens with one attached hydrogen (secondary N) is 2. The van der Waals surface area contributed by atoms with Crippen LogP contribution in [0.2, 0.25) is 0 Å². The van der Waals surface area contributed by atoms with E-state index in [9.17, 15) is 9.59 Å². The van der Waals surface area contributed by atoms with Crippen LogP contribution in [-0.2, 0) is 4.79 Å². The molecule has 0 unspecified atom stereocenters. The van der Waals surface area contributed by atoms with Crippen LogP contribution in [0, 0.1) is 13.8 Å². The van der Waals surface area contributed by atoms with Gasteiger partial charge in [0.2, 0.25) is 5.91 Å². The van der Waals surface area contributed by atoms with Gasteiger partial charge in [-0.2, -0.15) is 0 Å². The summed E-state index contributed by atoms with van der Waals surface area (Å²) in [4.78, 5) is 28.8. The number of carbonyl (C=O) groups excluding carboxylic acids is 2. The Morgan fingerprint density at radius 3 is 2.37 bits per heavy atom. The van der Waals surface area contributed by atoms with Crippen molar-refractivity contribution in [2.75, 3.05) is 44.6 Å². The lowest BCUT2D eigenvalue weighted by atomic mass is 10.1. The summed E-state index contributed by atoms with van der Waals surface area (Å²) in [6, 6.07) is 15.5. The van der Waals surface area contributed by atoms with Crippen LogP contribution in [0.5, 0.6) is 0 Å². The number of anilines is 1. The minimum atomic E-state index is -0.489. The molecule has 1 heterocycles. The predicted molar refractivity (Wildman–Crippen MR) is 121 cm³/mol. The summed E-state index contributed by atoms with van der Waals surface area (Å²) >= 11 is 0. The minimum Gasteiger partial charge on any atom is -0.307 e. The molecule has 2 aromatic rings. The molecular weight excluding hydrogens is 376 g/mol. The van der Waals surface area contributed by atoms with Crippen LogP contribution in [0.25, 0.3) is 6.08 Å². The summed E-state index contributed by atoms with van der Waals surface area (Å²) < 4.78 is 0. The fourth-order valence-corrected chi connectivity index (χ4v) is 3.51. The van der Waals surface area contributed by atoms with Gasteiger partial charge in [-0.3, -0.25) is 19.9 Å². The summed E-state index contributed by atoms with van der Waals surface area (Å²) in [5.74, 6) is -0.283. The Labute approximate surface area is 178 Å². The van der Waals surface area contributed by atoms with Crippen molar-refractivity contribution in [3.05, 3.63) is 71.3 Å². The van der Waals surface area contributed by atoms with E-state index in [1.165, 1.54) is 5.56 Å².